The maximum absolute atomic E-state index is 15.2. The first-order chi connectivity index (χ1) is 24.6. The molecule has 270 valence electrons. The van der Waals surface area contributed by atoms with Crippen molar-refractivity contribution in [2.75, 3.05) is 37.0 Å². The van der Waals surface area contributed by atoms with Crippen LogP contribution in [0.25, 0.3) is 0 Å². The van der Waals surface area contributed by atoms with Crippen LogP contribution in [0.4, 0.5) is 11.4 Å². The Labute approximate surface area is 301 Å². The van der Waals surface area contributed by atoms with Crippen molar-refractivity contribution in [3.63, 3.8) is 0 Å². The highest BCUT2D eigenvalue weighted by Gasteiger charge is 2.66. The lowest BCUT2D eigenvalue weighted by Crippen LogP contribution is -2.52. The molecule has 3 fully saturated rings. The van der Waals surface area contributed by atoms with E-state index in [0.717, 1.165) is 54.8 Å². The molecule has 3 N–H and O–H groups in total. The van der Waals surface area contributed by atoms with E-state index in [2.05, 4.69) is 42.8 Å². The van der Waals surface area contributed by atoms with E-state index in [1.807, 2.05) is 65.6 Å². The zero-order valence-corrected chi connectivity index (χ0v) is 31.1. The fraction of sp³-hybridized carbons (Fsp3) is 0.475. The third kappa shape index (κ3) is 6.28. The summed E-state index contributed by atoms with van der Waals surface area (Å²) in [6.45, 7) is 8.42. The first-order valence-corrected chi connectivity index (χ1v) is 21.4. The number of hydrogen-bond acceptors (Lipinski definition) is 7. The summed E-state index contributed by atoms with van der Waals surface area (Å²) in [5.74, 6) is 0.169. The van der Waals surface area contributed by atoms with Gasteiger partial charge in [-0.15, -0.1) is 0 Å². The summed E-state index contributed by atoms with van der Waals surface area (Å²) >= 11 is 0. The van der Waals surface area contributed by atoms with E-state index in [-0.39, 0.29) is 54.3 Å². The molecule has 0 saturated carbocycles. The van der Waals surface area contributed by atoms with Crippen LogP contribution in [0.5, 0.6) is 5.75 Å². The zero-order chi connectivity index (χ0) is 35.9. The first kappa shape index (κ1) is 35.4. The van der Waals surface area contributed by atoms with Crippen molar-refractivity contribution >= 4 is 42.4 Å². The van der Waals surface area contributed by atoms with Gasteiger partial charge in [0.1, 0.15) is 5.75 Å². The number of ether oxygens (including phenoxy) is 2. The molecule has 6 atom stereocenters. The van der Waals surface area contributed by atoms with Crippen LogP contribution in [-0.2, 0) is 31.3 Å². The maximum atomic E-state index is 15.2. The number of hydrogen-bond donors (Lipinski definition) is 3. The number of carbonyl (C=O) groups is 3. The summed E-state index contributed by atoms with van der Waals surface area (Å²) < 4.78 is 12.7. The van der Waals surface area contributed by atoms with Gasteiger partial charge in [0.2, 0.25) is 11.8 Å². The predicted octanol–water partition coefficient (Wildman–Crippen LogP) is 4.52. The molecular formula is C40H50N4O6Si. The van der Waals surface area contributed by atoms with Crippen LogP contribution in [0, 0.1) is 5.92 Å². The second kappa shape index (κ2) is 14.2. The van der Waals surface area contributed by atoms with Gasteiger partial charge in [-0.05, 0) is 73.7 Å². The van der Waals surface area contributed by atoms with Crippen molar-refractivity contribution in [2.24, 2.45) is 5.92 Å². The molecule has 0 aromatic heterocycles. The lowest BCUT2D eigenvalue weighted by atomic mass is 9.82. The lowest BCUT2D eigenvalue weighted by molar-refractivity contribution is -0.150. The minimum Gasteiger partial charge on any atom is -0.497 e. The number of likely N-dealkylation sites (tertiary alicyclic amines) is 1. The van der Waals surface area contributed by atoms with Gasteiger partial charge in [-0.2, -0.15) is 0 Å². The number of methoxy groups -OCH3 is 1. The zero-order valence-electron chi connectivity index (χ0n) is 30.1. The molecule has 0 aliphatic carbocycles. The molecule has 4 aliphatic rings. The summed E-state index contributed by atoms with van der Waals surface area (Å²) in [6.07, 6.45) is 2.92. The number of nitrogens with zero attached hydrogens (tertiary/aromatic N) is 2. The van der Waals surface area contributed by atoms with E-state index in [9.17, 15) is 14.7 Å². The van der Waals surface area contributed by atoms with E-state index in [0.29, 0.717) is 18.8 Å². The summed E-state index contributed by atoms with van der Waals surface area (Å²) in [5, 5.41) is 17.6. The Bertz CT molecular complexity index is 1760. The molecule has 51 heavy (non-hydrogen) atoms. The van der Waals surface area contributed by atoms with Crippen molar-refractivity contribution in [1.29, 1.82) is 0 Å². The van der Waals surface area contributed by atoms with E-state index < -0.39 is 19.8 Å². The Morgan fingerprint density at radius 3 is 2.51 bits per heavy atom. The number of benzene rings is 3. The number of aliphatic hydroxyl groups is 1. The highest BCUT2D eigenvalue weighted by atomic mass is 28.3. The lowest BCUT2D eigenvalue weighted by Gasteiger charge is -2.37. The minimum absolute atomic E-state index is 0.0535. The van der Waals surface area contributed by atoms with Gasteiger partial charge in [0.15, 0.2) is 5.60 Å². The van der Waals surface area contributed by atoms with Gasteiger partial charge >= 0.3 is 0 Å². The fourth-order valence-corrected chi connectivity index (χ4v) is 13.3. The van der Waals surface area contributed by atoms with Crippen LogP contribution in [-0.4, -0.2) is 80.8 Å². The van der Waals surface area contributed by atoms with Gasteiger partial charge < -0.3 is 35.0 Å². The fourth-order valence-electron chi connectivity index (χ4n) is 9.30. The van der Waals surface area contributed by atoms with Crippen LogP contribution < -0.4 is 25.5 Å². The Kier molecular flexibility index (Phi) is 9.83. The highest BCUT2D eigenvalue weighted by molar-refractivity contribution is 6.91. The van der Waals surface area contributed by atoms with Crippen LogP contribution in [0.1, 0.15) is 50.2 Å². The Morgan fingerprint density at radius 1 is 1.06 bits per heavy atom. The van der Waals surface area contributed by atoms with Gasteiger partial charge in [-0.1, -0.05) is 67.7 Å². The molecule has 4 heterocycles. The largest absolute Gasteiger partial charge is 0.497 e. The Balaban J connectivity index is 1.32. The molecule has 7 rings (SSSR count). The quantitative estimate of drug-likeness (QED) is 0.265. The van der Waals surface area contributed by atoms with E-state index in [1.54, 1.807) is 12.0 Å². The minimum atomic E-state index is -2.49. The molecule has 4 aliphatic heterocycles. The van der Waals surface area contributed by atoms with Crippen LogP contribution >= 0.6 is 0 Å². The Morgan fingerprint density at radius 2 is 1.82 bits per heavy atom. The third-order valence-corrected chi connectivity index (χ3v) is 16.3. The summed E-state index contributed by atoms with van der Waals surface area (Å²) in [5.41, 5.74) is 1.58. The van der Waals surface area contributed by atoms with Crippen molar-refractivity contribution < 1.29 is 29.0 Å². The van der Waals surface area contributed by atoms with Gasteiger partial charge in [0.25, 0.3) is 5.91 Å². The highest BCUT2D eigenvalue weighted by Crippen LogP contribution is 2.60. The number of nitrogens with one attached hydrogen (secondary N) is 2. The smallest absolute Gasteiger partial charge is 0.264 e. The average molecular weight is 711 g/mol. The number of aliphatic hydroxyl groups excluding tert-OH is 1. The third-order valence-electron chi connectivity index (χ3n) is 11.9. The van der Waals surface area contributed by atoms with E-state index in [4.69, 9.17) is 9.47 Å². The molecule has 3 aromatic rings. The number of amides is 3. The predicted molar refractivity (Wildman–Crippen MR) is 200 cm³/mol. The molecule has 3 amide bonds. The average Bonchev–Trinajstić information content (AvgIpc) is 3.94. The first-order valence-electron chi connectivity index (χ1n) is 18.4. The molecule has 0 unspecified atom stereocenters. The molecule has 1 spiro atoms. The number of rotatable bonds is 10. The van der Waals surface area contributed by atoms with Crippen LogP contribution in [0.15, 0.2) is 72.8 Å². The topological polar surface area (TPSA) is 120 Å². The Hall–Kier alpha value is -4.03. The van der Waals surface area contributed by atoms with Crippen molar-refractivity contribution in [3.05, 3.63) is 83.9 Å². The number of fused-ring (bicyclic) bond motifs is 2. The standard InChI is InChI=1S/C40H50N4O6Si/c1-26-37(51(3,4)31-17-15-30(49-2)16-18-31)35(23-36(46)43-21-9-12-29(43)25-45)50-40(26)32-22-28(42-38(47)33-13-8-20-41-33)14-19-34(32)44(39(40)48)24-27-10-6-5-7-11-27/h5-7,10-11,14-19,22,26,29,33,35,37,41,45H,8-9,12-13,20-21,23-25H2,1-4H3,(H,42,47)/t26-,29+,33-,35+,37-,40+/m1/s1. The second-order valence-corrected chi connectivity index (χ2v) is 19.9. The van der Waals surface area contributed by atoms with Crippen molar-refractivity contribution in [3.8, 4) is 5.75 Å². The molecule has 3 aromatic carbocycles. The van der Waals surface area contributed by atoms with E-state index in [1.165, 1.54) is 5.19 Å². The molecule has 3 saturated heterocycles. The molecular weight excluding hydrogens is 661 g/mol. The van der Waals surface area contributed by atoms with Gasteiger partial charge in [-0.25, -0.2) is 0 Å². The van der Waals surface area contributed by atoms with Gasteiger partial charge in [0, 0.05) is 23.7 Å². The second-order valence-electron chi connectivity index (χ2n) is 15.2. The van der Waals surface area contributed by atoms with Crippen LogP contribution in [0.3, 0.4) is 0 Å². The SMILES string of the molecule is COc1ccc([Si](C)(C)[C@H]2[C@H](CC(=O)N3CCC[C@H]3CO)O[C@@]3(C(=O)N(Cc4ccccc4)c4ccc(NC(=O)[C@H]5CCCN5)cc43)[C@@H]2C)cc1. The molecule has 10 nitrogen and oxygen atoms in total. The van der Waals surface area contributed by atoms with Gasteiger partial charge in [0.05, 0.1) is 58.6 Å². The van der Waals surface area contributed by atoms with Crippen molar-refractivity contribution in [2.45, 2.75) is 88.0 Å². The monoisotopic (exact) mass is 710 g/mol. The number of carbonyl (C=O) groups excluding carboxylic acids is 3. The normalized spacial score (nSPS) is 27.3. The van der Waals surface area contributed by atoms with Gasteiger partial charge in [-0.3, -0.25) is 14.4 Å². The summed E-state index contributed by atoms with van der Waals surface area (Å²) in [7, 11) is -0.836. The molecule has 0 bridgehead atoms. The van der Waals surface area contributed by atoms with Crippen LogP contribution in [0.2, 0.25) is 18.6 Å². The van der Waals surface area contributed by atoms with E-state index >= 15 is 4.79 Å². The number of anilines is 2. The summed E-state index contributed by atoms with van der Waals surface area (Å²) in [6, 6.07) is 23.3. The maximum Gasteiger partial charge on any atom is 0.264 e. The molecule has 11 heteroatoms. The summed E-state index contributed by atoms with van der Waals surface area (Å²) in [4.78, 5) is 46.2. The molecule has 0 radical (unpaired) electrons. The van der Waals surface area contributed by atoms with Crippen molar-refractivity contribution in [1.82, 2.24) is 10.2 Å².